The fourth-order valence-corrected chi connectivity index (χ4v) is 3.86. The van der Waals surface area contributed by atoms with Gasteiger partial charge in [-0.1, -0.05) is 23.8 Å². The Morgan fingerprint density at radius 1 is 0.905 bits per heavy atom. The predicted molar refractivity (Wildman–Crippen MR) is 91.2 cm³/mol. The number of anilines is 1. The first-order valence-corrected chi connectivity index (χ1v) is 8.00. The van der Waals surface area contributed by atoms with Crippen molar-refractivity contribution in [3.05, 3.63) is 63.7 Å². The molecule has 1 unspecified atom stereocenters. The molecule has 0 aliphatic heterocycles. The smallest absolute Gasteiger partial charge is 0.0490 e. The summed E-state index contributed by atoms with van der Waals surface area (Å²) in [6.07, 6.45) is 3.80. The molecule has 3 rings (SSSR count). The Labute approximate surface area is 128 Å². The molecule has 2 aromatic carbocycles. The molecule has 1 aliphatic carbocycles. The Kier molecular flexibility index (Phi) is 3.75. The second kappa shape index (κ2) is 5.55. The summed E-state index contributed by atoms with van der Waals surface area (Å²) in [5.74, 6) is 0. The third-order valence-corrected chi connectivity index (χ3v) is 4.65. The molecule has 0 aromatic heterocycles. The first kappa shape index (κ1) is 14.2. The van der Waals surface area contributed by atoms with Gasteiger partial charge in [-0.2, -0.15) is 0 Å². The van der Waals surface area contributed by atoms with Gasteiger partial charge in [0.2, 0.25) is 0 Å². The molecule has 0 bridgehead atoms. The van der Waals surface area contributed by atoms with E-state index in [0.29, 0.717) is 6.04 Å². The summed E-state index contributed by atoms with van der Waals surface area (Å²) in [6.45, 7) is 8.87. The number of nitrogens with one attached hydrogen (secondary N) is 1. The van der Waals surface area contributed by atoms with Crippen LogP contribution < -0.4 is 5.32 Å². The van der Waals surface area contributed by atoms with Gasteiger partial charge in [0.1, 0.15) is 0 Å². The average molecular weight is 279 g/mol. The minimum atomic E-state index is 0.338. The van der Waals surface area contributed by atoms with Crippen molar-refractivity contribution in [1.82, 2.24) is 0 Å². The average Bonchev–Trinajstić information content (AvgIpc) is 2.84. The quantitative estimate of drug-likeness (QED) is 0.806. The van der Waals surface area contributed by atoms with Gasteiger partial charge in [-0.3, -0.25) is 0 Å². The van der Waals surface area contributed by atoms with E-state index in [1.807, 2.05) is 0 Å². The van der Waals surface area contributed by atoms with Crippen LogP contribution in [0.5, 0.6) is 0 Å². The lowest BCUT2D eigenvalue weighted by Gasteiger charge is -2.21. The first-order valence-electron chi connectivity index (χ1n) is 8.00. The molecule has 0 spiro atoms. The van der Waals surface area contributed by atoms with Crippen molar-refractivity contribution in [2.24, 2.45) is 0 Å². The van der Waals surface area contributed by atoms with Crippen LogP contribution in [0.1, 0.15) is 52.8 Å². The molecule has 21 heavy (non-hydrogen) atoms. The van der Waals surface area contributed by atoms with Crippen LogP contribution in [0, 0.1) is 20.8 Å². The number of hydrogen-bond acceptors (Lipinski definition) is 1. The molecule has 1 atom stereocenters. The molecule has 0 radical (unpaired) electrons. The molecule has 0 amide bonds. The Hall–Kier alpha value is -1.76. The minimum Gasteiger partial charge on any atom is -0.378 e. The van der Waals surface area contributed by atoms with Gasteiger partial charge in [-0.25, -0.2) is 0 Å². The van der Waals surface area contributed by atoms with Crippen LogP contribution in [-0.4, -0.2) is 0 Å². The van der Waals surface area contributed by atoms with Gasteiger partial charge in [0.05, 0.1) is 0 Å². The summed E-state index contributed by atoms with van der Waals surface area (Å²) in [6, 6.07) is 11.8. The Morgan fingerprint density at radius 2 is 1.57 bits per heavy atom. The van der Waals surface area contributed by atoms with E-state index in [4.69, 9.17) is 0 Å². The van der Waals surface area contributed by atoms with Crippen molar-refractivity contribution < 1.29 is 0 Å². The zero-order valence-electron chi connectivity index (χ0n) is 13.6. The molecule has 110 valence electrons. The van der Waals surface area contributed by atoms with E-state index < -0.39 is 0 Å². The van der Waals surface area contributed by atoms with Gasteiger partial charge < -0.3 is 5.32 Å². The maximum absolute atomic E-state index is 3.69. The predicted octanol–water partition coefficient (Wildman–Crippen LogP) is 5.27. The lowest BCUT2D eigenvalue weighted by atomic mass is 9.94. The molecule has 1 aliphatic rings. The Morgan fingerprint density at radius 3 is 2.29 bits per heavy atom. The van der Waals surface area contributed by atoms with Gasteiger partial charge in [0, 0.05) is 11.7 Å². The normalized spacial score (nSPS) is 14.9. The lowest BCUT2D eigenvalue weighted by Crippen LogP contribution is -2.10. The fraction of sp³-hybridized carbons (Fsp3) is 0.400. The van der Waals surface area contributed by atoms with Crippen molar-refractivity contribution in [3.63, 3.8) is 0 Å². The maximum Gasteiger partial charge on any atom is 0.0490 e. The van der Waals surface area contributed by atoms with Crippen LogP contribution in [0.2, 0.25) is 0 Å². The fourth-order valence-electron chi connectivity index (χ4n) is 3.86. The van der Waals surface area contributed by atoms with Gasteiger partial charge >= 0.3 is 0 Å². The van der Waals surface area contributed by atoms with Crippen LogP contribution >= 0.6 is 0 Å². The summed E-state index contributed by atoms with van der Waals surface area (Å²) in [7, 11) is 0. The van der Waals surface area contributed by atoms with Gasteiger partial charge in [0.25, 0.3) is 0 Å². The molecule has 0 saturated carbocycles. The van der Waals surface area contributed by atoms with Crippen molar-refractivity contribution in [2.45, 2.75) is 53.0 Å². The van der Waals surface area contributed by atoms with Gasteiger partial charge in [0.15, 0.2) is 0 Å². The van der Waals surface area contributed by atoms with E-state index in [2.05, 4.69) is 63.3 Å². The standard InChI is InChI=1S/C20H25N/c1-13-10-14(2)20(15(3)11-13)16(4)21-19-9-8-17-6-5-7-18(17)12-19/h8-12,16,21H,5-7H2,1-4H3. The van der Waals surface area contributed by atoms with Crippen LogP contribution in [0.15, 0.2) is 30.3 Å². The third-order valence-electron chi connectivity index (χ3n) is 4.65. The van der Waals surface area contributed by atoms with E-state index in [1.54, 1.807) is 0 Å². The molecule has 0 saturated heterocycles. The monoisotopic (exact) mass is 279 g/mol. The van der Waals surface area contributed by atoms with Crippen molar-refractivity contribution in [2.75, 3.05) is 5.32 Å². The van der Waals surface area contributed by atoms with Gasteiger partial charge in [-0.15, -0.1) is 0 Å². The second-order valence-corrected chi connectivity index (χ2v) is 6.52. The molecular weight excluding hydrogens is 254 g/mol. The van der Waals surface area contributed by atoms with Crippen LogP contribution in [0.3, 0.4) is 0 Å². The highest BCUT2D eigenvalue weighted by atomic mass is 14.9. The molecule has 0 fully saturated rings. The topological polar surface area (TPSA) is 12.0 Å². The Balaban J connectivity index is 1.85. The number of aryl methyl sites for hydroxylation is 5. The SMILES string of the molecule is Cc1cc(C)c(C(C)Nc2ccc3c(c2)CCC3)c(C)c1. The summed E-state index contributed by atoms with van der Waals surface area (Å²) in [4.78, 5) is 0. The summed E-state index contributed by atoms with van der Waals surface area (Å²) >= 11 is 0. The van der Waals surface area contributed by atoms with E-state index in [9.17, 15) is 0 Å². The zero-order chi connectivity index (χ0) is 15.0. The molecule has 2 aromatic rings. The van der Waals surface area contributed by atoms with Gasteiger partial charge in [-0.05, 0) is 86.9 Å². The van der Waals surface area contributed by atoms with Crippen LogP contribution in [-0.2, 0) is 12.8 Å². The largest absolute Gasteiger partial charge is 0.378 e. The maximum atomic E-state index is 3.69. The minimum absolute atomic E-state index is 0.338. The highest BCUT2D eigenvalue weighted by Gasteiger charge is 2.14. The van der Waals surface area contributed by atoms with Crippen LogP contribution in [0.25, 0.3) is 0 Å². The highest BCUT2D eigenvalue weighted by Crippen LogP contribution is 2.29. The highest BCUT2D eigenvalue weighted by molar-refractivity contribution is 5.52. The molecule has 1 heteroatoms. The van der Waals surface area contributed by atoms with Crippen LogP contribution in [0.4, 0.5) is 5.69 Å². The van der Waals surface area contributed by atoms with E-state index in [0.717, 1.165) is 0 Å². The number of benzene rings is 2. The molecule has 1 nitrogen and oxygen atoms in total. The first-order chi connectivity index (χ1) is 10.0. The summed E-state index contributed by atoms with van der Waals surface area (Å²) < 4.78 is 0. The lowest BCUT2D eigenvalue weighted by molar-refractivity contribution is 0.861. The van der Waals surface area contributed by atoms with E-state index in [1.165, 1.54) is 58.3 Å². The van der Waals surface area contributed by atoms with Crippen molar-refractivity contribution in [3.8, 4) is 0 Å². The Bertz CT molecular complexity index is 647. The summed E-state index contributed by atoms with van der Waals surface area (Å²) in [5, 5.41) is 3.69. The molecule has 1 N–H and O–H groups in total. The second-order valence-electron chi connectivity index (χ2n) is 6.52. The zero-order valence-corrected chi connectivity index (χ0v) is 13.6. The van der Waals surface area contributed by atoms with Crippen molar-refractivity contribution >= 4 is 5.69 Å². The molecular formula is C20H25N. The molecule has 0 heterocycles. The third kappa shape index (κ3) is 2.83. The summed E-state index contributed by atoms with van der Waals surface area (Å²) in [5.41, 5.74) is 9.87. The number of rotatable bonds is 3. The van der Waals surface area contributed by atoms with Crippen molar-refractivity contribution in [1.29, 1.82) is 0 Å². The number of hydrogen-bond donors (Lipinski definition) is 1. The number of fused-ring (bicyclic) bond motifs is 1. The van der Waals surface area contributed by atoms with E-state index in [-0.39, 0.29) is 0 Å². The van der Waals surface area contributed by atoms with E-state index >= 15 is 0 Å².